The molecule has 116 valence electrons. The maximum Gasteiger partial charge on any atom is 0.470 e. The van der Waals surface area contributed by atoms with Gasteiger partial charge in [-0.2, -0.15) is 0 Å². The number of rotatable bonds is 4. The maximum absolute atomic E-state index is 12.7. The monoisotopic (exact) mass is 333 g/mol. The maximum atomic E-state index is 12.7. The molecule has 1 fully saturated rings. The van der Waals surface area contributed by atoms with Crippen LogP contribution in [0.2, 0.25) is 5.02 Å². The van der Waals surface area contributed by atoms with Gasteiger partial charge in [0.1, 0.15) is 11.6 Å². The van der Waals surface area contributed by atoms with Gasteiger partial charge < -0.3 is 15.1 Å². The van der Waals surface area contributed by atoms with E-state index in [2.05, 4.69) is 9.84 Å². The van der Waals surface area contributed by atoms with Crippen LogP contribution in [-0.2, 0) is 19.4 Å². The van der Waals surface area contributed by atoms with E-state index in [0.717, 1.165) is 0 Å². The summed E-state index contributed by atoms with van der Waals surface area (Å²) >= 11 is 6.19. The van der Waals surface area contributed by atoms with Crippen molar-refractivity contribution in [2.24, 2.45) is 0 Å². The molecule has 0 unspecified atom stereocenters. The molecule has 0 radical (unpaired) electrons. The van der Waals surface area contributed by atoms with Gasteiger partial charge in [-0.15, -0.1) is 0 Å². The second-order valence-corrected chi connectivity index (χ2v) is 6.58. The zero-order valence-corrected chi connectivity index (χ0v) is 13.1. The van der Waals surface area contributed by atoms with Crippen molar-refractivity contribution in [3.63, 3.8) is 0 Å². The highest BCUT2D eigenvalue weighted by molar-refractivity contribution is 7.46. The first kappa shape index (κ1) is 16.6. The van der Waals surface area contributed by atoms with Gasteiger partial charge in [-0.3, -0.25) is 9.32 Å². The van der Waals surface area contributed by atoms with E-state index in [-0.39, 0.29) is 6.42 Å². The molecule has 1 aliphatic carbocycles. The molecule has 8 heteroatoms. The summed E-state index contributed by atoms with van der Waals surface area (Å²) in [5, 5.41) is 3.40. The summed E-state index contributed by atoms with van der Waals surface area (Å²) in [6, 6.07) is 6.93. The summed E-state index contributed by atoms with van der Waals surface area (Å²) in [6.45, 7) is 0. The predicted molar refractivity (Wildman–Crippen MR) is 78.0 cm³/mol. The molecule has 3 N–H and O–H groups in total. The van der Waals surface area contributed by atoms with E-state index < -0.39 is 25.2 Å². The Morgan fingerprint density at radius 3 is 2.67 bits per heavy atom. The van der Waals surface area contributed by atoms with Crippen LogP contribution in [-0.4, -0.2) is 28.7 Å². The van der Waals surface area contributed by atoms with Crippen molar-refractivity contribution in [3.05, 3.63) is 34.9 Å². The number of hydrogen-bond donors (Lipinski definition) is 3. The first-order valence-corrected chi connectivity index (χ1v) is 8.43. The number of Topliss-reactive ketones (excluding diaryl/α,β-unsaturated/α-hetero) is 1. The highest BCUT2D eigenvalue weighted by Crippen LogP contribution is 2.44. The van der Waals surface area contributed by atoms with Gasteiger partial charge in [-0.05, 0) is 37.9 Å². The zero-order valence-electron chi connectivity index (χ0n) is 11.5. The van der Waals surface area contributed by atoms with Gasteiger partial charge in [-0.1, -0.05) is 29.8 Å². The van der Waals surface area contributed by atoms with Crippen LogP contribution < -0.4 is 5.32 Å². The van der Waals surface area contributed by atoms with E-state index in [1.807, 2.05) is 0 Å². The van der Waals surface area contributed by atoms with E-state index in [9.17, 15) is 9.36 Å². The molecule has 21 heavy (non-hydrogen) atoms. The molecule has 0 aliphatic heterocycles. The molecular weight excluding hydrogens is 317 g/mol. The lowest BCUT2D eigenvalue weighted by Gasteiger charge is -2.39. The number of hydrogen-bond acceptors (Lipinski definition) is 4. The van der Waals surface area contributed by atoms with Crippen molar-refractivity contribution in [3.8, 4) is 0 Å². The molecule has 1 aromatic carbocycles. The van der Waals surface area contributed by atoms with Crippen molar-refractivity contribution >= 4 is 25.2 Å². The SMILES string of the molecule is CN[C@@]1(c2ccccc2Cl)CCC[C@@H](OP(=O)(O)O)C1=O. The van der Waals surface area contributed by atoms with Crippen molar-refractivity contribution in [2.75, 3.05) is 7.05 Å². The molecule has 2 rings (SSSR count). The molecule has 2 atom stereocenters. The Balaban J connectivity index is 2.41. The molecule has 6 nitrogen and oxygen atoms in total. The number of benzene rings is 1. The molecule has 1 aromatic rings. The second kappa shape index (κ2) is 6.16. The largest absolute Gasteiger partial charge is 0.470 e. The van der Waals surface area contributed by atoms with Crippen molar-refractivity contribution in [1.82, 2.24) is 5.32 Å². The van der Waals surface area contributed by atoms with Gasteiger partial charge >= 0.3 is 7.82 Å². The molecular formula is C13H17ClNO5P. The minimum absolute atomic E-state index is 0.276. The Morgan fingerprint density at radius 1 is 1.43 bits per heavy atom. The Bertz CT molecular complexity index is 590. The van der Waals surface area contributed by atoms with Gasteiger partial charge in [0.25, 0.3) is 0 Å². The summed E-state index contributed by atoms with van der Waals surface area (Å²) in [5.41, 5.74) is -0.491. The highest BCUT2D eigenvalue weighted by atomic mass is 35.5. The quantitative estimate of drug-likeness (QED) is 0.729. The molecule has 0 aromatic heterocycles. The summed E-state index contributed by atoms with van der Waals surface area (Å²) in [7, 11) is -3.10. The average Bonchev–Trinajstić information content (AvgIpc) is 2.41. The van der Waals surface area contributed by atoms with Gasteiger partial charge in [0.05, 0.1) is 0 Å². The first-order valence-electron chi connectivity index (χ1n) is 6.52. The topological polar surface area (TPSA) is 95.9 Å². The zero-order chi connectivity index (χ0) is 15.7. The number of phosphoric ester groups is 1. The van der Waals surface area contributed by atoms with Crippen LogP contribution in [0.15, 0.2) is 24.3 Å². The molecule has 0 bridgehead atoms. The van der Waals surface area contributed by atoms with E-state index in [0.29, 0.717) is 23.4 Å². The molecule has 0 spiro atoms. The summed E-state index contributed by atoms with van der Waals surface area (Å²) in [5.74, 6) is -0.410. The third kappa shape index (κ3) is 3.37. The number of phosphoric acid groups is 1. The van der Waals surface area contributed by atoms with Crippen LogP contribution in [0.5, 0.6) is 0 Å². The Kier molecular flexibility index (Phi) is 4.88. The number of likely N-dealkylation sites (N-methyl/N-ethyl adjacent to an activating group) is 1. The van der Waals surface area contributed by atoms with Gasteiger partial charge in [-0.25, -0.2) is 4.57 Å². The normalized spacial score (nSPS) is 26.9. The number of halogens is 1. The van der Waals surface area contributed by atoms with Crippen LogP contribution >= 0.6 is 19.4 Å². The van der Waals surface area contributed by atoms with Crippen LogP contribution in [0.4, 0.5) is 0 Å². The minimum atomic E-state index is -4.72. The average molecular weight is 334 g/mol. The number of carbonyl (C=O) groups excluding carboxylic acids is 1. The lowest BCUT2D eigenvalue weighted by molar-refractivity contribution is -0.137. The lowest BCUT2D eigenvalue weighted by atomic mass is 9.74. The predicted octanol–water partition coefficient (Wildman–Crippen LogP) is 1.99. The molecule has 0 heterocycles. The van der Waals surface area contributed by atoms with Crippen LogP contribution in [0.25, 0.3) is 0 Å². The van der Waals surface area contributed by atoms with E-state index in [1.54, 1.807) is 31.3 Å². The molecule has 1 aliphatic rings. The van der Waals surface area contributed by atoms with E-state index in [4.69, 9.17) is 21.4 Å². The molecule has 0 amide bonds. The van der Waals surface area contributed by atoms with Crippen LogP contribution in [0.3, 0.4) is 0 Å². The standard InChI is InChI=1S/C13H17ClNO5P/c1-15-13(9-5-2-3-6-10(9)14)8-4-7-11(12(13)16)20-21(17,18)19/h2-3,5-6,11,15H,4,7-8H2,1H3,(H2,17,18,19)/t11-,13-/m1/s1. The Labute approximate surface area is 127 Å². The molecule has 0 saturated heterocycles. The third-order valence-electron chi connectivity index (χ3n) is 3.76. The first-order chi connectivity index (χ1) is 9.80. The Hall–Kier alpha value is -0.750. The fourth-order valence-electron chi connectivity index (χ4n) is 2.81. The van der Waals surface area contributed by atoms with E-state index in [1.165, 1.54) is 0 Å². The van der Waals surface area contributed by atoms with Crippen molar-refractivity contribution < 1.29 is 23.7 Å². The molecule has 1 saturated carbocycles. The fraction of sp³-hybridized carbons (Fsp3) is 0.462. The summed E-state index contributed by atoms with van der Waals surface area (Å²) < 4.78 is 15.7. The number of carbonyl (C=O) groups is 1. The fourth-order valence-corrected chi connectivity index (χ4v) is 3.64. The van der Waals surface area contributed by atoms with Gasteiger partial charge in [0.15, 0.2) is 5.78 Å². The van der Waals surface area contributed by atoms with Crippen molar-refractivity contribution in [1.29, 1.82) is 0 Å². The second-order valence-electron chi connectivity index (χ2n) is 4.98. The van der Waals surface area contributed by atoms with Crippen LogP contribution in [0, 0.1) is 0 Å². The Morgan fingerprint density at radius 2 is 2.10 bits per heavy atom. The minimum Gasteiger partial charge on any atom is -0.304 e. The van der Waals surface area contributed by atoms with E-state index >= 15 is 0 Å². The van der Waals surface area contributed by atoms with Gasteiger partial charge in [0.2, 0.25) is 0 Å². The van der Waals surface area contributed by atoms with Gasteiger partial charge in [0, 0.05) is 5.02 Å². The van der Waals surface area contributed by atoms with Crippen molar-refractivity contribution in [2.45, 2.75) is 30.9 Å². The smallest absolute Gasteiger partial charge is 0.304 e. The highest BCUT2D eigenvalue weighted by Gasteiger charge is 2.48. The third-order valence-corrected chi connectivity index (χ3v) is 4.61. The number of nitrogens with one attached hydrogen (secondary N) is 1. The number of ketones is 1. The summed E-state index contributed by atoms with van der Waals surface area (Å²) in [4.78, 5) is 30.6. The lowest BCUT2D eigenvalue weighted by Crippen LogP contribution is -2.54. The van der Waals surface area contributed by atoms with Crippen LogP contribution in [0.1, 0.15) is 24.8 Å². The summed E-state index contributed by atoms with van der Waals surface area (Å²) in [6.07, 6.45) is 0.205.